The number of carboxylic acid groups (broad SMARTS) is 1. The van der Waals surface area contributed by atoms with E-state index in [0.29, 0.717) is 17.2 Å². The van der Waals surface area contributed by atoms with Crippen LogP contribution in [0.4, 0.5) is 5.82 Å². The van der Waals surface area contributed by atoms with E-state index in [9.17, 15) is 9.90 Å². The lowest BCUT2D eigenvalue weighted by Gasteiger charge is -2.17. The molecule has 0 aliphatic rings. The van der Waals surface area contributed by atoms with Gasteiger partial charge in [0.15, 0.2) is 5.82 Å². The predicted molar refractivity (Wildman–Crippen MR) is 73.7 cm³/mol. The van der Waals surface area contributed by atoms with Crippen LogP contribution in [-0.4, -0.2) is 30.8 Å². The molecule has 2 aromatic heterocycles. The third-order valence-corrected chi connectivity index (χ3v) is 3.05. The quantitative estimate of drug-likeness (QED) is 0.882. The van der Waals surface area contributed by atoms with Crippen LogP contribution < -0.4 is 5.32 Å². The molecular weight excluding hydrogens is 258 g/mol. The average Bonchev–Trinajstić information content (AvgIpc) is 2.73. The highest BCUT2D eigenvalue weighted by atomic mass is 16.4. The molecule has 2 rings (SSSR count). The van der Waals surface area contributed by atoms with E-state index in [1.165, 1.54) is 0 Å². The lowest BCUT2D eigenvalue weighted by atomic mass is 10.1. The van der Waals surface area contributed by atoms with Crippen LogP contribution in [0.15, 0.2) is 12.4 Å². The first kappa shape index (κ1) is 14.0. The van der Waals surface area contributed by atoms with Gasteiger partial charge in [-0.05, 0) is 32.4 Å². The molecule has 20 heavy (non-hydrogen) atoms. The molecule has 0 fully saturated rings. The van der Waals surface area contributed by atoms with Crippen molar-refractivity contribution in [1.29, 1.82) is 0 Å². The number of pyridine rings is 1. The minimum atomic E-state index is -0.998. The van der Waals surface area contributed by atoms with E-state index in [1.807, 2.05) is 20.9 Å². The minimum Gasteiger partial charge on any atom is -0.478 e. The van der Waals surface area contributed by atoms with Crippen LogP contribution in [0, 0.1) is 13.8 Å². The second kappa shape index (κ2) is 5.28. The normalized spacial score (nSPS) is 12.2. The van der Waals surface area contributed by atoms with Crippen molar-refractivity contribution in [3.63, 3.8) is 0 Å². The molecule has 0 radical (unpaired) electrons. The molecule has 0 saturated heterocycles. The zero-order valence-electron chi connectivity index (χ0n) is 11.9. The number of aryl methyl sites for hydroxylation is 3. The van der Waals surface area contributed by atoms with Crippen LogP contribution in [0.5, 0.6) is 0 Å². The topological polar surface area (TPSA) is 92.9 Å². The molecule has 1 unspecified atom stereocenters. The molecule has 2 heterocycles. The number of aromatic nitrogens is 4. The number of carboxylic acids is 1. The Morgan fingerprint density at radius 1 is 1.45 bits per heavy atom. The first-order chi connectivity index (χ1) is 9.40. The van der Waals surface area contributed by atoms with Gasteiger partial charge in [0, 0.05) is 12.7 Å². The number of nitrogens with one attached hydrogen (secondary N) is 1. The molecule has 0 saturated carbocycles. The summed E-state index contributed by atoms with van der Waals surface area (Å²) >= 11 is 0. The zero-order chi connectivity index (χ0) is 14.9. The highest BCUT2D eigenvalue weighted by molar-refractivity contribution is 5.94. The largest absolute Gasteiger partial charge is 0.478 e. The standard InChI is InChI=1S/C13H17N5O2/c1-7-5-8(2)15-11(10(7)13(19)20)16-9(3)12-17-14-6-18(12)4/h5-6,9H,1-4H3,(H,15,16)(H,19,20). The zero-order valence-corrected chi connectivity index (χ0v) is 11.9. The Balaban J connectivity index is 2.38. The maximum atomic E-state index is 11.4. The van der Waals surface area contributed by atoms with Gasteiger partial charge in [0.05, 0.1) is 6.04 Å². The van der Waals surface area contributed by atoms with Crippen molar-refractivity contribution >= 4 is 11.8 Å². The maximum absolute atomic E-state index is 11.4. The molecule has 2 N–H and O–H groups in total. The van der Waals surface area contributed by atoms with Crippen molar-refractivity contribution < 1.29 is 9.90 Å². The van der Waals surface area contributed by atoms with Crippen molar-refractivity contribution in [1.82, 2.24) is 19.7 Å². The van der Waals surface area contributed by atoms with Gasteiger partial charge in [-0.2, -0.15) is 0 Å². The van der Waals surface area contributed by atoms with Crippen molar-refractivity contribution in [2.75, 3.05) is 5.32 Å². The van der Waals surface area contributed by atoms with Crippen LogP contribution in [0.2, 0.25) is 0 Å². The molecule has 1 atom stereocenters. The van der Waals surface area contributed by atoms with Gasteiger partial charge in [-0.1, -0.05) is 0 Å². The summed E-state index contributed by atoms with van der Waals surface area (Å²) in [5.41, 5.74) is 1.63. The van der Waals surface area contributed by atoms with Crippen molar-refractivity contribution in [3.8, 4) is 0 Å². The number of hydrogen-bond acceptors (Lipinski definition) is 5. The number of rotatable bonds is 4. The van der Waals surface area contributed by atoms with Gasteiger partial charge >= 0.3 is 5.97 Å². The average molecular weight is 275 g/mol. The number of carbonyl (C=O) groups is 1. The first-order valence-electron chi connectivity index (χ1n) is 6.22. The molecular formula is C13H17N5O2. The molecule has 0 bridgehead atoms. The monoisotopic (exact) mass is 275 g/mol. The number of aromatic carboxylic acids is 1. The van der Waals surface area contributed by atoms with E-state index < -0.39 is 5.97 Å². The summed E-state index contributed by atoms with van der Waals surface area (Å²) in [6.07, 6.45) is 1.60. The van der Waals surface area contributed by atoms with E-state index in [-0.39, 0.29) is 11.6 Å². The van der Waals surface area contributed by atoms with E-state index >= 15 is 0 Å². The number of anilines is 1. The minimum absolute atomic E-state index is 0.185. The molecule has 2 aromatic rings. The number of hydrogen-bond donors (Lipinski definition) is 2. The highest BCUT2D eigenvalue weighted by Crippen LogP contribution is 2.23. The van der Waals surface area contributed by atoms with Crippen LogP contribution in [0.3, 0.4) is 0 Å². The van der Waals surface area contributed by atoms with Crippen molar-refractivity contribution in [2.45, 2.75) is 26.8 Å². The lowest BCUT2D eigenvalue weighted by Crippen LogP contribution is -2.16. The SMILES string of the molecule is Cc1cc(C)c(C(=O)O)c(NC(C)c2nncn2C)n1. The first-order valence-corrected chi connectivity index (χ1v) is 6.22. The predicted octanol–water partition coefficient (Wildman–Crippen LogP) is 1.70. The summed E-state index contributed by atoms with van der Waals surface area (Å²) in [4.78, 5) is 15.7. The van der Waals surface area contributed by atoms with Gasteiger partial charge in [0.1, 0.15) is 17.7 Å². The maximum Gasteiger partial charge on any atom is 0.339 e. The molecule has 0 amide bonds. The Morgan fingerprint density at radius 2 is 2.15 bits per heavy atom. The van der Waals surface area contributed by atoms with Crippen LogP contribution in [-0.2, 0) is 7.05 Å². The summed E-state index contributed by atoms with van der Waals surface area (Å²) in [6, 6.07) is 1.55. The summed E-state index contributed by atoms with van der Waals surface area (Å²) in [5, 5.41) is 20.2. The molecule has 0 aromatic carbocycles. The van der Waals surface area contributed by atoms with Gasteiger partial charge < -0.3 is 15.0 Å². The second-order valence-electron chi connectivity index (χ2n) is 4.78. The van der Waals surface area contributed by atoms with Crippen LogP contribution >= 0.6 is 0 Å². The molecule has 0 spiro atoms. The molecule has 106 valence electrons. The van der Waals surface area contributed by atoms with Gasteiger partial charge in [0.25, 0.3) is 0 Å². The molecule has 0 aliphatic heterocycles. The second-order valence-corrected chi connectivity index (χ2v) is 4.78. The summed E-state index contributed by atoms with van der Waals surface area (Å²) in [6.45, 7) is 5.47. The Morgan fingerprint density at radius 3 is 2.70 bits per heavy atom. The van der Waals surface area contributed by atoms with Gasteiger partial charge in [0.2, 0.25) is 0 Å². The van der Waals surface area contributed by atoms with Crippen molar-refractivity contribution in [3.05, 3.63) is 35.0 Å². The van der Waals surface area contributed by atoms with Crippen LogP contribution in [0.1, 0.15) is 40.4 Å². The number of nitrogens with zero attached hydrogens (tertiary/aromatic N) is 4. The van der Waals surface area contributed by atoms with E-state index in [4.69, 9.17) is 0 Å². The van der Waals surface area contributed by atoms with E-state index in [2.05, 4.69) is 20.5 Å². The molecule has 0 aliphatic carbocycles. The molecule has 7 heteroatoms. The van der Waals surface area contributed by atoms with E-state index in [0.717, 1.165) is 5.69 Å². The van der Waals surface area contributed by atoms with Gasteiger partial charge in [-0.3, -0.25) is 0 Å². The smallest absolute Gasteiger partial charge is 0.339 e. The van der Waals surface area contributed by atoms with E-state index in [1.54, 1.807) is 23.9 Å². The van der Waals surface area contributed by atoms with Crippen molar-refractivity contribution in [2.24, 2.45) is 7.05 Å². The highest BCUT2D eigenvalue weighted by Gasteiger charge is 2.19. The Kier molecular flexibility index (Phi) is 3.69. The lowest BCUT2D eigenvalue weighted by molar-refractivity contribution is 0.0696. The van der Waals surface area contributed by atoms with Gasteiger partial charge in [-0.25, -0.2) is 9.78 Å². The summed E-state index contributed by atoms with van der Waals surface area (Å²) in [5.74, 6) is 0.0652. The Bertz CT molecular complexity index is 650. The third-order valence-electron chi connectivity index (χ3n) is 3.05. The fourth-order valence-corrected chi connectivity index (χ4v) is 2.17. The molecule has 7 nitrogen and oxygen atoms in total. The Labute approximate surface area is 116 Å². The van der Waals surface area contributed by atoms with Crippen LogP contribution in [0.25, 0.3) is 0 Å². The third kappa shape index (κ3) is 2.61. The van der Waals surface area contributed by atoms with Gasteiger partial charge in [-0.15, -0.1) is 10.2 Å². The summed E-state index contributed by atoms with van der Waals surface area (Å²) < 4.78 is 1.78. The fraction of sp³-hybridized carbons (Fsp3) is 0.385. The fourth-order valence-electron chi connectivity index (χ4n) is 2.17. The Hall–Kier alpha value is -2.44. The summed E-state index contributed by atoms with van der Waals surface area (Å²) in [7, 11) is 1.83.